The van der Waals surface area contributed by atoms with E-state index < -0.39 is 35.2 Å². The minimum absolute atomic E-state index is 0.0160. The van der Waals surface area contributed by atoms with Gasteiger partial charge >= 0.3 is 12.0 Å². The summed E-state index contributed by atoms with van der Waals surface area (Å²) < 4.78 is 76.3. The second-order valence-corrected chi connectivity index (χ2v) is 5.28. The average molecular weight is 275 g/mol. The zero-order chi connectivity index (χ0) is 12.8. The topological polar surface area (TPSA) is 49.4 Å². The summed E-state index contributed by atoms with van der Waals surface area (Å²) in [6.45, 7) is 0. The Labute approximate surface area is 98.0 Å². The summed E-state index contributed by atoms with van der Waals surface area (Å²) in [6.07, 6.45) is -3.13. The Hall–Kier alpha value is -0.210. The number of halogens is 4. The van der Waals surface area contributed by atoms with Crippen molar-refractivity contribution in [2.75, 3.05) is 0 Å². The van der Waals surface area contributed by atoms with Crippen LogP contribution in [-0.4, -0.2) is 20.8 Å². The first kappa shape index (κ1) is 13.2. The Bertz CT molecular complexity index is 336. The second kappa shape index (κ2) is 4.17. The molecule has 0 amide bonds. The Morgan fingerprint density at radius 1 is 1.18 bits per heavy atom. The van der Waals surface area contributed by atoms with Gasteiger partial charge < -0.3 is 4.55 Å². The molecule has 4 atom stereocenters. The molecule has 0 aromatic carbocycles. The van der Waals surface area contributed by atoms with Gasteiger partial charge in [-0.2, -0.15) is 17.6 Å². The molecule has 100 valence electrons. The summed E-state index contributed by atoms with van der Waals surface area (Å²) >= 11 is -3.66. The van der Waals surface area contributed by atoms with Gasteiger partial charge in [0.25, 0.3) is 0 Å². The quantitative estimate of drug-likeness (QED) is 0.585. The van der Waals surface area contributed by atoms with E-state index in [1.54, 1.807) is 0 Å². The van der Waals surface area contributed by atoms with Crippen molar-refractivity contribution in [3.8, 4) is 0 Å². The summed E-state index contributed by atoms with van der Waals surface area (Å²) in [5.41, 5.74) is 0. The molecule has 2 aliphatic rings. The minimum Gasteiger partial charge on any atom is -0.750 e. The predicted molar refractivity (Wildman–Crippen MR) is 48.8 cm³/mol. The van der Waals surface area contributed by atoms with Crippen molar-refractivity contribution in [3.63, 3.8) is 0 Å². The standard InChI is InChI=1S/C9H12F4O3S/c10-8(11,9(12,13)16-17(14)15)7-4-5-1-2-6(7)3-5/h5-7H,1-4H2,(H,14,15)/p-1. The summed E-state index contributed by atoms with van der Waals surface area (Å²) in [7, 11) is 0. The van der Waals surface area contributed by atoms with Crippen molar-refractivity contribution in [3.05, 3.63) is 0 Å². The van der Waals surface area contributed by atoms with Gasteiger partial charge in [-0.15, -0.1) is 0 Å². The third kappa shape index (κ3) is 2.22. The van der Waals surface area contributed by atoms with Crippen molar-refractivity contribution >= 4 is 11.4 Å². The van der Waals surface area contributed by atoms with E-state index in [-0.39, 0.29) is 12.3 Å². The molecule has 2 rings (SSSR count). The first-order chi connectivity index (χ1) is 7.74. The van der Waals surface area contributed by atoms with Gasteiger partial charge in [0.2, 0.25) is 0 Å². The van der Waals surface area contributed by atoms with Gasteiger partial charge in [-0.05, 0) is 31.1 Å². The molecule has 0 N–H and O–H groups in total. The van der Waals surface area contributed by atoms with E-state index in [1.165, 1.54) is 0 Å². The number of hydrogen-bond acceptors (Lipinski definition) is 3. The van der Waals surface area contributed by atoms with Crippen LogP contribution in [0.3, 0.4) is 0 Å². The van der Waals surface area contributed by atoms with Crippen LogP contribution < -0.4 is 0 Å². The molecule has 3 nitrogen and oxygen atoms in total. The molecule has 2 saturated carbocycles. The van der Waals surface area contributed by atoms with Crippen LogP contribution in [0.25, 0.3) is 0 Å². The van der Waals surface area contributed by atoms with E-state index in [4.69, 9.17) is 0 Å². The molecule has 17 heavy (non-hydrogen) atoms. The Morgan fingerprint density at radius 3 is 2.24 bits per heavy atom. The fraction of sp³-hybridized carbons (Fsp3) is 1.00. The monoisotopic (exact) mass is 275 g/mol. The molecule has 2 fully saturated rings. The molecule has 8 heteroatoms. The maximum Gasteiger partial charge on any atom is 0.431 e. The van der Waals surface area contributed by atoms with Gasteiger partial charge in [-0.25, -0.2) is 8.39 Å². The molecule has 0 saturated heterocycles. The van der Waals surface area contributed by atoms with Crippen LogP contribution in [0.5, 0.6) is 0 Å². The molecule has 0 aromatic rings. The Kier molecular flexibility index (Phi) is 3.24. The molecule has 4 unspecified atom stereocenters. The number of alkyl halides is 4. The molecular weight excluding hydrogens is 264 g/mol. The van der Waals surface area contributed by atoms with Crippen molar-refractivity contribution in [1.82, 2.24) is 0 Å². The van der Waals surface area contributed by atoms with Crippen LogP contribution in [0.2, 0.25) is 0 Å². The molecule has 0 aliphatic heterocycles. The third-order valence-electron chi connectivity index (χ3n) is 3.76. The van der Waals surface area contributed by atoms with Crippen LogP contribution in [0.15, 0.2) is 0 Å². The molecular formula is C9H11F4O3S-. The highest BCUT2D eigenvalue weighted by molar-refractivity contribution is 7.74. The van der Waals surface area contributed by atoms with Gasteiger partial charge in [0.15, 0.2) is 0 Å². The molecule has 2 aliphatic carbocycles. The van der Waals surface area contributed by atoms with Crippen molar-refractivity contribution in [2.45, 2.75) is 37.7 Å². The van der Waals surface area contributed by atoms with Crippen molar-refractivity contribution in [1.29, 1.82) is 0 Å². The smallest absolute Gasteiger partial charge is 0.431 e. The largest absolute Gasteiger partial charge is 0.750 e. The van der Waals surface area contributed by atoms with E-state index in [2.05, 4.69) is 4.18 Å². The van der Waals surface area contributed by atoms with Crippen LogP contribution >= 0.6 is 0 Å². The lowest BCUT2D eigenvalue weighted by Crippen LogP contribution is -2.50. The summed E-state index contributed by atoms with van der Waals surface area (Å²) in [5.74, 6) is -6.32. The molecule has 0 heterocycles. The second-order valence-electron chi connectivity index (χ2n) is 4.71. The zero-order valence-electron chi connectivity index (χ0n) is 8.71. The van der Waals surface area contributed by atoms with E-state index in [0.29, 0.717) is 12.8 Å². The van der Waals surface area contributed by atoms with Crippen LogP contribution in [-0.2, 0) is 15.5 Å². The van der Waals surface area contributed by atoms with Crippen LogP contribution in [0.1, 0.15) is 25.7 Å². The highest BCUT2D eigenvalue weighted by Crippen LogP contribution is 2.57. The Morgan fingerprint density at radius 2 is 1.82 bits per heavy atom. The molecule has 0 spiro atoms. The number of rotatable bonds is 4. The Balaban J connectivity index is 2.15. The van der Waals surface area contributed by atoms with Gasteiger partial charge in [-0.1, -0.05) is 6.42 Å². The van der Waals surface area contributed by atoms with Crippen molar-refractivity contribution < 1.29 is 30.5 Å². The first-order valence-electron chi connectivity index (χ1n) is 5.28. The SMILES string of the molecule is O=S([O-])OC(F)(F)C(F)(F)C1CC2CCC1C2. The highest BCUT2D eigenvalue weighted by atomic mass is 32.2. The number of fused-ring (bicyclic) bond motifs is 2. The van der Waals surface area contributed by atoms with Crippen LogP contribution in [0, 0.1) is 17.8 Å². The lowest BCUT2D eigenvalue weighted by atomic mass is 9.83. The van der Waals surface area contributed by atoms with E-state index >= 15 is 0 Å². The average Bonchev–Trinajstić information content (AvgIpc) is 2.75. The summed E-state index contributed by atoms with van der Waals surface area (Å²) in [5, 5.41) is 0. The zero-order valence-corrected chi connectivity index (χ0v) is 9.52. The fourth-order valence-corrected chi connectivity index (χ4v) is 3.33. The van der Waals surface area contributed by atoms with Crippen LogP contribution in [0.4, 0.5) is 17.6 Å². The van der Waals surface area contributed by atoms with Crippen molar-refractivity contribution in [2.24, 2.45) is 17.8 Å². The first-order valence-corrected chi connectivity index (χ1v) is 6.28. The molecule has 2 bridgehead atoms. The fourth-order valence-electron chi connectivity index (χ4n) is 3.05. The van der Waals surface area contributed by atoms with Gasteiger partial charge in [-0.3, -0.25) is 0 Å². The predicted octanol–water partition coefficient (Wildman–Crippen LogP) is 2.46. The maximum absolute atomic E-state index is 13.6. The highest BCUT2D eigenvalue weighted by Gasteiger charge is 2.66. The van der Waals surface area contributed by atoms with Gasteiger partial charge in [0.05, 0.1) is 11.4 Å². The van der Waals surface area contributed by atoms with E-state index in [0.717, 1.165) is 6.42 Å². The third-order valence-corrected chi connectivity index (χ3v) is 4.11. The minimum atomic E-state index is -4.96. The van der Waals surface area contributed by atoms with E-state index in [1.807, 2.05) is 0 Å². The summed E-state index contributed by atoms with van der Waals surface area (Å²) in [6, 6.07) is 0. The molecule has 0 aromatic heterocycles. The summed E-state index contributed by atoms with van der Waals surface area (Å²) in [4.78, 5) is 0. The lowest BCUT2D eigenvalue weighted by Gasteiger charge is -2.34. The maximum atomic E-state index is 13.6. The molecule has 0 radical (unpaired) electrons. The van der Waals surface area contributed by atoms with E-state index in [9.17, 15) is 26.3 Å². The normalized spacial score (nSPS) is 35.2. The van der Waals surface area contributed by atoms with Gasteiger partial charge in [0.1, 0.15) is 0 Å². The number of hydrogen-bond donors (Lipinski definition) is 0. The lowest BCUT2D eigenvalue weighted by molar-refractivity contribution is -0.330. The van der Waals surface area contributed by atoms with Gasteiger partial charge in [0, 0.05) is 5.92 Å².